The van der Waals surface area contributed by atoms with Crippen LogP contribution in [-0.4, -0.2) is 6.04 Å². The fourth-order valence-corrected chi connectivity index (χ4v) is 3.30. The lowest BCUT2D eigenvalue weighted by atomic mass is 9.76. The zero-order valence-corrected chi connectivity index (χ0v) is 13.4. The van der Waals surface area contributed by atoms with Gasteiger partial charge in [0.1, 0.15) is 5.82 Å². The van der Waals surface area contributed by atoms with Crippen molar-refractivity contribution in [2.24, 2.45) is 11.3 Å². The third-order valence-electron chi connectivity index (χ3n) is 4.48. The van der Waals surface area contributed by atoms with Gasteiger partial charge < -0.3 is 5.32 Å². The Morgan fingerprint density at radius 3 is 2.55 bits per heavy atom. The maximum Gasteiger partial charge on any atom is 0.147 e. The van der Waals surface area contributed by atoms with Gasteiger partial charge in [0.2, 0.25) is 0 Å². The van der Waals surface area contributed by atoms with Gasteiger partial charge in [-0.15, -0.1) is 0 Å². The summed E-state index contributed by atoms with van der Waals surface area (Å²) >= 11 is 5.79. The first kappa shape index (κ1) is 15.6. The Morgan fingerprint density at radius 1 is 1.15 bits per heavy atom. The fraction of sp³-hybridized carbons (Fsp3) is 0.647. The Kier molecular flexibility index (Phi) is 4.95. The standard InChI is InChI=1S/C17H25ClFN/c1-17(2,3)12-5-4-6-14(9-7-12)20-16-10-8-13(18)11-15(16)19/h8,10-12,14,20H,4-7,9H2,1-3H3. The predicted molar refractivity (Wildman–Crippen MR) is 84.9 cm³/mol. The minimum absolute atomic E-state index is 0.255. The van der Waals surface area contributed by atoms with Gasteiger partial charge in [0.25, 0.3) is 0 Å². The van der Waals surface area contributed by atoms with Crippen LogP contribution in [0.2, 0.25) is 5.02 Å². The molecule has 112 valence electrons. The van der Waals surface area contributed by atoms with Gasteiger partial charge in [0.15, 0.2) is 0 Å². The molecular weight excluding hydrogens is 273 g/mol. The molecule has 3 heteroatoms. The molecule has 1 saturated carbocycles. The van der Waals surface area contributed by atoms with Crippen LogP contribution in [0.1, 0.15) is 52.9 Å². The average molecular weight is 298 g/mol. The molecule has 2 rings (SSSR count). The van der Waals surface area contributed by atoms with Crippen LogP contribution in [0.5, 0.6) is 0 Å². The van der Waals surface area contributed by atoms with Crippen molar-refractivity contribution in [1.82, 2.24) is 0 Å². The number of nitrogens with one attached hydrogen (secondary N) is 1. The summed E-state index contributed by atoms with van der Waals surface area (Å²) in [5.41, 5.74) is 0.953. The summed E-state index contributed by atoms with van der Waals surface area (Å²) in [6.45, 7) is 6.97. The van der Waals surface area contributed by atoms with Gasteiger partial charge in [0.05, 0.1) is 5.69 Å². The molecule has 1 aliphatic rings. The Hall–Kier alpha value is -0.760. The van der Waals surface area contributed by atoms with Crippen LogP contribution in [0.25, 0.3) is 0 Å². The highest BCUT2D eigenvalue weighted by Gasteiger charge is 2.27. The van der Waals surface area contributed by atoms with Crippen LogP contribution in [0, 0.1) is 17.2 Å². The fourth-order valence-electron chi connectivity index (χ4n) is 3.14. The minimum atomic E-state index is -0.255. The van der Waals surface area contributed by atoms with E-state index in [1.54, 1.807) is 12.1 Å². The van der Waals surface area contributed by atoms with Crippen molar-refractivity contribution in [3.8, 4) is 0 Å². The third kappa shape index (κ3) is 4.12. The van der Waals surface area contributed by atoms with Crippen LogP contribution in [-0.2, 0) is 0 Å². The monoisotopic (exact) mass is 297 g/mol. The predicted octanol–water partition coefficient (Wildman–Crippen LogP) is 5.89. The number of benzene rings is 1. The zero-order chi connectivity index (χ0) is 14.8. The summed E-state index contributed by atoms with van der Waals surface area (Å²) in [5.74, 6) is 0.512. The van der Waals surface area contributed by atoms with E-state index in [0.717, 1.165) is 18.8 Å². The lowest BCUT2D eigenvalue weighted by molar-refractivity contribution is 0.214. The normalized spacial score (nSPS) is 24.2. The van der Waals surface area contributed by atoms with Gasteiger partial charge in [-0.2, -0.15) is 0 Å². The number of hydrogen-bond donors (Lipinski definition) is 1. The van der Waals surface area contributed by atoms with Gasteiger partial charge >= 0.3 is 0 Å². The molecule has 0 heterocycles. The van der Waals surface area contributed by atoms with Crippen LogP contribution in [0.4, 0.5) is 10.1 Å². The SMILES string of the molecule is CC(C)(C)C1CCCC(Nc2ccc(Cl)cc2F)CC1. The van der Waals surface area contributed by atoms with E-state index in [2.05, 4.69) is 26.1 Å². The Morgan fingerprint density at radius 2 is 1.90 bits per heavy atom. The maximum absolute atomic E-state index is 13.8. The number of hydrogen-bond acceptors (Lipinski definition) is 1. The van der Waals surface area contributed by atoms with Crippen LogP contribution >= 0.6 is 11.6 Å². The molecule has 0 spiro atoms. The van der Waals surface area contributed by atoms with Gasteiger partial charge in [-0.1, -0.05) is 38.8 Å². The Bertz CT molecular complexity index is 453. The van der Waals surface area contributed by atoms with E-state index in [0.29, 0.717) is 22.2 Å². The summed E-state index contributed by atoms with van der Waals surface area (Å²) in [6.07, 6.45) is 5.95. The molecule has 1 aromatic carbocycles. The molecule has 1 nitrogen and oxygen atoms in total. The van der Waals surface area contributed by atoms with Gasteiger partial charge in [-0.3, -0.25) is 0 Å². The van der Waals surface area contributed by atoms with Crippen molar-refractivity contribution in [2.75, 3.05) is 5.32 Å². The van der Waals surface area contributed by atoms with E-state index >= 15 is 0 Å². The summed E-state index contributed by atoms with van der Waals surface area (Å²) in [6, 6.07) is 5.22. The summed E-state index contributed by atoms with van der Waals surface area (Å²) in [4.78, 5) is 0. The first-order chi connectivity index (χ1) is 9.36. The topological polar surface area (TPSA) is 12.0 Å². The highest BCUT2D eigenvalue weighted by atomic mass is 35.5. The zero-order valence-electron chi connectivity index (χ0n) is 12.7. The molecule has 0 amide bonds. The van der Waals surface area contributed by atoms with Crippen molar-refractivity contribution in [2.45, 2.75) is 58.9 Å². The molecule has 1 aliphatic carbocycles. The van der Waals surface area contributed by atoms with Crippen molar-refractivity contribution in [3.05, 3.63) is 29.0 Å². The average Bonchev–Trinajstić information content (AvgIpc) is 2.58. The number of halogens is 2. The summed E-state index contributed by atoms with van der Waals surface area (Å²) < 4.78 is 13.8. The van der Waals surface area contributed by atoms with E-state index in [9.17, 15) is 4.39 Å². The minimum Gasteiger partial charge on any atom is -0.380 e. The van der Waals surface area contributed by atoms with E-state index in [4.69, 9.17) is 11.6 Å². The Balaban J connectivity index is 1.97. The molecule has 2 unspecified atom stereocenters. The molecule has 0 aliphatic heterocycles. The first-order valence-corrected chi connectivity index (χ1v) is 7.95. The van der Waals surface area contributed by atoms with Crippen molar-refractivity contribution >= 4 is 17.3 Å². The molecule has 20 heavy (non-hydrogen) atoms. The molecule has 0 bridgehead atoms. The molecule has 1 aromatic rings. The van der Waals surface area contributed by atoms with Gasteiger partial charge in [0, 0.05) is 11.1 Å². The van der Waals surface area contributed by atoms with Crippen LogP contribution < -0.4 is 5.32 Å². The first-order valence-electron chi connectivity index (χ1n) is 7.58. The molecular formula is C17H25ClFN. The third-order valence-corrected chi connectivity index (χ3v) is 4.72. The van der Waals surface area contributed by atoms with Crippen molar-refractivity contribution in [1.29, 1.82) is 0 Å². The molecule has 1 N–H and O–H groups in total. The lowest BCUT2D eigenvalue weighted by Crippen LogP contribution is -2.22. The molecule has 0 radical (unpaired) electrons. The van der Waals surface area contributed by atoms with Crippen LogP contribution in [0.15, 0.2) is 18.2 Å². The maximum atomic E-state index is 13.8. The van der Waals surface area contributed by atoms with Crippen molar-refractivity contribution < 1.29 is 4.39 Å². The molecule has 0 saturated heterocycles. The highest BCUT2D eigenvalue weighted by Crippen LogP contribution is 2.37. The van der Waals surface area contributed by atoms with E-state index in [-0.39, 0.29) is 5.82 Å². The van der Waals surface area contributed by atoms with E-state index < -0.39 is 0 Å². The van der Waals surface area contributed by atoms with Gasteiger partial charge in [-0.25, -0.2) is 4.39 Å². The molecule has 1 fully saturated rings. The summed E-state index contributed by atoms with van der Waals surface area (Å²) in [5, 5.41) is 3.80. The van der Waals surface area contributed by atoms with Gasteiger partial charge in [-0.05, 0) is 55.2 Å². The van der Waals surface area contributed by atoms with Crippen LogP contribution in [0.3, 0.4) is 0 Å². The quantitative estimate of drug-likeness (QED) is 0.672. The largest absolute Gasteiger partial charge is 0.380 e. The highest BCUT2D eigenvalue weighted by molar-refractivity contribution is 6.30. The summed E-state index contributed by atoms with van der Waals surface area (Å²) in [7, 11) is 0. The van der Waals surface area contributed by atoms with Crippen molar-refractivity contribution in [3.63, 3.8) is 0 Å². The lowest BCUT2D eigenvalue weighted by Gasteiger charge is -2.29. The molecule has 0 aromatic heterocycles. The second-order valence-corrected chi connectivity index (χ2v) is 7.47. The smallest absolute Gasteiger partial charge is 0.147 e. The second kappa shape index (κ2) is 6.34. The number of anilines is 1. The number of rotatable bonds is 2. The van der Waals surface area contributed by atoms with E-state index in [1.165, 1.54) is 25.3 Å². The second-order valence-electron chi connectivity index (χ2n) is 7.04. The molecule has 2 atom stereocenters. The Labute approximate surface area is 126 Å². The van der Waals surface area contributed by atoms with E-state index in [1.807, 2.05) is 0 Å².